The van der Waals surface area contributed by atoms with E-state index in [-0.39, 0.29) is 11.5 Å². The normalized spacial score (nSPS) is 15.2. The van der Waals surface area contributed by atoms with Gasteiger partial charge in [0.15, 0.2) is 5.76 Å². The molecule has 0 N–H and O–H groups in total. The number of fused-ring (bicyclic) bond motifs is 2. The zero-order chi connectivity index (χ0) is 24.1. The summed E-state index contributed by atoms with van der Waals surface area (Å²) in [4.78, 5) is 18.9. The van der Waals surface area contributed by atoms with Gasteiger partial charge in [0.1, 0.15) is 5.82 Å². The highest BCUT2D eigenvalue weighted by Crippen LogP contribution is 2.43. The molecule has 35 heavy (non-hydrogen) atoms. The second kappa shape index (κ2) is 8.47. The average molecular weight is 524 g/mol. The third-order valence-corrected chi connectivity index (χ3v) is 7.16. The van der Waals surface area contributed by atoms with Gasteiger partial charge in [-0.15, -0.1) is 0 Å². The van der Waals surface area contributed by atoms with Crippen LogP contribution < -0.4 is 5.56 Å². The van der Waals surface area contributed by atoms with Crippen LogP contribution in [0.2, 0.25) is 0 Å². The molecule has 2 aromatic heterocycles. The van der Waals surface area contributed by atoms with Gasteiger partial charge in [0.25, 0.3) is 5.56 Å². The van der Waals surface area contributed by atoms with Gasteiger partial charge in [-0.05, 0) is 73.9 Å². The molecule has 0 saturated heterocycles. The number of hydrogen-bond acceptors (Lipinski definition) is 4. The lowest BCUT2D eigenvalue weighted by molar-refractivity contribution is 0.406. The van der Waals surface area contributed by atoms with Crippen molar-refractivity contribution in [3.05, 3.63) is 122 Å². The quantitative estimate of drug-likeness (QED) is 0.260. The molecule has 1 aliphatic carbocycles. The Hall–Kier alpha value is -3.77. The second-order valence-electron chi connectivity index (χ2n) is 8.94. The summed E-state index contributed by atoms with van der Waals surface area (Å²) < 4.78 is 8.44. The summed E-state index contributed by atoms with van der Waals surface area (Å²) in [6.45, 7) is 4.03. The summed E-state index contributed by atoms with van der Waals surface area (Å²) in [6.07, 6.45) is 2.75. The number of halogens is 1. The van der Waals surface area contributed by atoms with Crippen LogP contribution in [0.1, 0.15) is 46.3 Å². The van der Waals surface area contributed by atoms with Crippen molar-refractivity contribution in [2.75, 3.05) is 0 Å². The summed E-state index contributed by atoms with van der Waals surface area (Å²) in [5.41, 5.74) is 6.62. The van der Waals surface area contributed by atoms with Gasteiger partial charge in [-0.3, -0.25) is 9.36 Å². The number of aromatic nitrogens is 3. The van der Waals surface area contributed by atoms with Crippen molar-refractivity contribution < 1.29 is 4.52 Å². The van der Waals surface area contributed by atoms with E-state index in [0.717, 1.165) is 38.3 Å². The predicted octanol–water partition coefficient (Wildman–Crippen LogP) is 6.83. The zero-order valence-corrected chi connectivity index (χ0v) is 20.9. The molecule has 0 saturated carbocycles. The van der Waals surface area contributed by atoms with E-state index >= 15 is 0 Å². The Labute approximate surface area is 210 Å². The maximum absolute atomic E-state index is 13.9. The van der Waals surface area contributed by atoms with Gasteiger partial charge in [-0.1, -0.05) is 63.0 Å². The highest BCUT2D eigenvalue weighted by molar-refractivity contribution is 9.10. The maximum Gasteiger partial charge on any atom is 0.265 e. The van der Waals surface area contributed by atoms with Crippen LogP contribution in [0.25, 0.3) is 28.2 Å². The van der Waals surface area contributed by atoms with Crippen LogP contribution in [-0.2, 0) is 0 Å². The van der Waals surface area contributed by atoms with E-state index in [2.05, 4.69) is 58.4 Å². The molecule has 1 unspecified atom stereocenters. The molecule has 0 fully saturated rings. The van der Waals surface area contributed by atoms with E-state index in [0.29, 0.717) is 23.1 Å². The Morgan fingerprint density at radius 2 is 1.71 bits per heavy atom. The van der Waals surface area contributed by atoms with Crippen molar-refractivity contribution >= 4 is 38.5 Å². The minimum atomic E-state index is -0.196. The lowest BCUT2D eigenvalue weighted by Crippen LogP contribution is -2.27. The lowest BCUT2D eigenvalue weighted by atomic mass is 9.82. The van der Waals surface area contributed by atoms with Gasteiger partial charge < -0.3 is 4.52 Å². The van der Waals surface area contributed by atoms with Gasteiger partial charge in [0, 0.05) is 10.0 Å². The molecule has 0 radical (unpaired) electrons. The highest BCUT2D eigenvalue weighted by Gasteiger charge is 2.33. The third kappa shape index (κ3) is 3.74. The summed E-state index contributed by atoms with van der Waals surface area (Å²) in [5.74, 6) is 1.21. The largest absolute Gasteiger partial charge is 0.356 e. The molecule has 6 rings (SSSR count). The Bertz CT molecular complexity index is 1660. The van der Waals surface area contributed by atoms with Crippen LogP contribution in [0.4, 0.5) is 0 Å². The van der Waals surface area contributed by atoms with Crippen LogP contribution in [0.5, 0.6) is 0 Å². The lowest BCUT2D eigenvalue weighted by Gasteiger charge is -2.25. The molecule has 5 aromatic rings. The molecule has 5 nitrogen and oxygen atoms in total. The number of para-hydroxylation sites is 1. The van der Waals surface area contributed by atoms with E-state index in [1.165, 1.54) is 5.56 Å². The molecular weight excluding hydrogens is 502 g/mol. The molecule has 0 spiro atoms. The minimum absolute atomic E-state index is 0.0879. The van der Waals surface area contributed by atoms with Crippen LogP contribution in [0.15, 0.2) is 86.6 Å². The van der Waals surface area contributed by atoms with Crippen molar-refractivity contribution in [1.82, 2.24) is 14.7 Å². The molecule has 3 aromatic carbocycles. The number of nitrogens with zero attached hydrogens (tertiary/aromatic N) is 3. The first-order valence-corrected chi connectivity index (χ1v) is 12.3. The Morgan fingerprint density at radius 3 is 2.49 bits per heavy atom. The molecule has 0 amide bonds. The van der Waals surface area contributed by atoms with E-state index in [1.807, 2.05) is 55.5 Å². The van der Waals surface area contributed by atoms with Crippen molar-refractivity contribution in [1.29, 1.82) is 0 Å². The zero-order valence-electron chi connectivity index (χ0n) is 19.3. The predicted molar refractivity (Wildman–Crippen MR) is 142 cm³/mol. The minimum Gasteiger partial charge on any atom is -0.356 e. The van der Waals surface area contributed by atoms with E-state index in [4.69, 9.17) is 9.51 Å². The number of allylic oxidation sites excluding steroid dienone is 1. The SMILES string of the molecule is Cc1ccc(C2=Cc3onc(C)c3C(c3nc4ccccc4c(=O)n3-c3ccc(Br)cc3)C2)cc1. The molecule has 1 atom stereocenters. The monoisotopic (exact) mass is 523 g/mol. The number of rotatable bonds is 3. The first kappa shape index (κ1) is 21.7. The Kier molecular flexibility index (Phi) is 5.26. The average Bonchev–Trinajstić information content (AvgIpc) is 3.25. The molecule has 6 heteroatoms. The maximum atomic E-state index is 13.9. The van der Waals surface area contributed by atoms with Crippen LogP contribution in [0.3, 0.4) is 0 Å². The first-order chi connectivity index (χ1) is 17.0. The standard InChI is InChI=1S/C29H22BrN3O2/c1-17-7-9-19(10-8-17)20-15-24(27-18(2)32-35-26(27)16-20)28-31-25-6-4-3-5-23(25)29(34)33(28)22-13-11-21(30)12-14-22/h3-14,16,24H,15H2,1-2H3. The molecule has 1 aliphatic rings. The molecule has 172 valence electrons. The fraction of sp³-hybridized carbons (Fsp3) is 0.138. The van der Waals surface area contributed by atoms with Crippen molar-refractivity contribution in [3.63, 3.8) is 0 Å². The molecular formula is C29H22BrN3O2. The Balaban J connectivity index is 1.62. The number of benzene rings is 3. The van der Waals surface area contributed by atoms with Gasteiger partial charge in [0.05, 0.1) is 28.2 Å². The molecule has 0 bridgehead atoms. The highest BCUT2D eigenvalue weighted by atomic mass is 79.9. The van der Waals surface area contributed by atoms with Gasteiger partial charge in [0.2, 0.25) is 0 Å². The fourth-order valence-electron chi connectivity index (χ4n) is 4.87. The second-order valence-corrected chi connectivity index (χ2v) is 9.86. The topological polar surface area (TPSA) is 60.9 Å². The Morgan fingerprint density at radius 1 is 0.971 bits per heavy atom. The van der Waals surface area contributed by atoms with Crippen molar-refractivity contribution in [3.8, 4) is 5.69 Å². The van der Waals surface area contributed by atoms with Crippen LogP contribution in [0, 0.1) is 13.8 Å². The first-order valence-electron chi connectivity index (χ1n) is 11.5. The van der Waals surface area contributed by atoms with Crippen molar-refractivity contribution in [2.45, 2.75) is 26.2 Å². The summed E-state index contributed by atoms with van der Waals surface area (Å²) >= 11 is 3.50. The third-order valence-electron chi connectivity index (χ3n) is 6.63. The van der Waals surface area contributed by atoms with E-state index < -0.39 is 0 Å². The van der Waals surface area contributed by atoms with Gasteiger partial charge in [-0.25, -0.2) is 4.98 Å². The van der Waals surface area contributed by atoms with Gasteiger partial charge >= 0.3 is 0 Å². The van der Waals surface area contributed by atoms with Crippen LogP contribution in [-0.4, -0.2) is 14.7 Å². The van der Waals surface area contributed by atoms with Crippen molar-refractivity contribution in [2.24, 2.45) is 0 Å². The van der Waals surface area contributed by atoms with Crippen LogP contribution >= 0.6 is 15.9 Å². The number of hydrogen-bond donors (Lipinski definition) is 0. The fourth-order valence-corrected chi connectivity index (χ4v) is 5.14. The summed E-state index contributed by atoms with van der Waals surface area (Å²) in [7, 11) is 0. The van der Waals surface area contributed by atoms with E-state index in [1.54, 1.807) is 4.57 Å². The number of aryl methyl sites for hydroxylation is 2. The van der Waals surface area contributed by atoms with Gasteiger partial charge in [-0.2, -0.15) is 0 Å². The molecule has 2 heterocycles. The van der Waals surface area contributed by atoms with E-state index in [9.17, 15) is 4.79 Å². The smallest absolute Gasteiger partial charge is 0.265 e. The summed E-state index contributed by atoms with van der Waals surface area (Å²) in [5, 5.41) is 4.86. The molecule has 0 aliphatic heterocycles. The summed E-state index contributed by atoms with van der Waals surface area (Å²) in [6, 6.07) is 23.7.